The number of carbonyl (C=O) groups excluding carboxylic acids is 2. The van der Waals surface area contributed by atoms with Gasteiger partial charge in [-0.3, -0.25) is 14.6 Å². The fourth-order valence-corrected chi connectivity index (χ4v) is 3.63. The van der Waals surface area contributed by atoms with E-state index in [1.54, 1.807) is 0 Å². The second-order valence-electron chi connectivity index (χ2n) is 7.74. The summed E-state index contributed by atoms with van der Waals surface area (Å²) in [5.41, 5.74) is 3.10. The molecular formula is C21H21F4N3O4. The second kappa shape index (κ2) is 8.38. The number of nitrogens with one attached hydrogen (secondary N) is 1. The number of methoxy groups -OCH3 is 1. The highest BCUT2D eigenvalue weighted by Crippen LogP contribution is 2.50. The standard InChI is InChI=1S/C21H21F4N3O4/c1-20(21(2,24)25)9-12(11-4-5-13(22)15(23)16(11)31-3)17(32-20)19(30)28-10-6-7-27-14(8-10)18(26)29/h4-8,12,17H,9H2,1-3H3,(H2,26,29)(H,27,28,30)/t12-,17+,20-/m1/s1. The second-order valence-corrected chi connectivity index (χ2v) is 7.74. The van der Waals surface area contributed by atoms with Crippen LogP contribution in [0.2, 0.25) is 0 Å². The maximum atomic E-state index is 14.4. The van der Waals surface area contributed by atoms with Gasteiger partial charge in [0, 0.05) is 30.3 Å². The summed E-state index contributed by atoms with van der Waals surface area (Å²) in [5, 5.41) is 2.47. The number of pyridine rings is 1. The van der Waals surface area contributed by atoms with E-state index in [2.05, 4.69) is 10.3 Å². The van der Waals surface area contributed by atoms with Gasteiger partial charge >= 0.3 is 0 Å². The normalized spacial score (nSPS) is 23.1. The van der Waals surface area contributed by atoms with Crippen molar-refractivity contribution < 1.29 is 36.6 Å². The van der Waals surface area contributed by atoms with Crippen LogP contribution in [0.4, 0.5) is 23.2 Å². The minimum absolute atomic E-state index is 0.00655. The van der Waals surface area contributed by atoms with Gasteiger partial charge in [0.25, 0.3) is 17.7 Å². The molecule has 1 aliphatic heterocycles. The summed E-state index contributed by atoms with van der Waals surface area (Å²) >= 11 is 0. The number of amides is 2. The minimum Gasteiger partial charge on any atom is -0.493 e. The molecule has 3 atom stereocenters. The molecule has 1 aromatic heterocycles. The number of benzene rings is 1. The lowest BCUT2D eigenvalue weighted by atomic mass is 9.84. The lowest BCUT2D eigenvalue weighted by Gasteiger charge is -2.30. The van der Waals surface area contributed by atoms with Crippen LogP contribution in [0.3, 0.4) is 0 Å². The molecule has 0 spiro atoms. The fraction of sp³-hybridized carbons (Fsp3) is 0.381. The maximum Gasteiger partial charge on any atom is 0.273 e. The predicted octanol–water partition coefficient (Wildman–Crippen LogP) is 3.39. The highest BCUT2D eigenvalue weighted by atomic mass is 19.3. The number of anilines is 1. The first-order valence-electron chi connectivity index (χ1n) is 9.52. The van der Waals surface area contributed by atoms with Gasteiger partial charge in [0.1, 0.15) is 17.4 Å². The number of halogens is 4. The summed E-state index contributed by atoms with van der Waals surface area (Å²) in [4.78, 5) is 28.1. The van der Waals surface area contributed by atoms with Crippen LogP contribution >= 0.6 is 0 Å². The van der Waals surface area contributed by atoms with Crippen LogP contribution in [0.15, 0.2) is 30.5 Å². The van der Waals surface area contributed by atoms with Crippen molar-refractivity contribution in [1.29, 1.82) is 0 Å². The first-order chi connectivity index (χ1) is 14.9. The summed E-state index contributed by atoms with van der Waals surface area (Å²) in [6.45, 7) is 1.78. The Bertz CT molecular complexity index is 1060. The van der Waals surface area contributed by atoms with Crippen molar-refractivity contribution in [2.75, 3.05) is 12.4 Å². The van der Waals surface area contributed by atoms with Crippen LogP contribution in [0.25, 0.3) is 0 Å². The van der Waals surface area contributed by atoms with Gasteiger partial charge < -0.3 is 20.5 Å². The smallest absolute Gasteiger partial charge is 0.273 e. The Morgan fingerprint density at radius 3 is 2.59 bits per heavy atom. The molecule has 0 bridgehead atoms. The van der Waals surface area contributed by atoms with Crippen LogP contribution in [-0.4, -0.2) is 41.5 Å². The SMILES string of the molecule is COc1c([C@H]2C[C@](C)(C(C)(F)F)O[C@@H]2C(=O)Nc2ccnc(C(N)=O)c2)ccc(F)c1F. The predicted molar refractivity (Wildman–Crippen MR) is 106 cm³/mol. The molecule has 0 radical (unpaired) electrons. The number of aromatic nitrogens is 1. The number of nitrogens with two attached hydrogens (primary N) is 1. The van der Waals surface area contributed by atoms with E-state index in [-0.39, 0.29) is 23.4 Å². The molecule has 1 fully saturated rings. The van der Waals surface area contributed by atoms with Gasteiger partial charge in [0.05, 0.1) is 7.11 Å². The minimum atomic E-state index is -3.36. The summed E-state index contributed by atoms with van der Waals surface area (Å²) in [6, 6.07) is 4.56. The van der Waals surface area contributed by atoms with E-state index in [1.807, 2.05) is 0 Å². The number of hydrogen-bond donors (Lipinski definition) is 2. The molecule has 1 aliphatic rings. The number of nitrogens with zero attached hydrogens (tertiary/aromatic N) is 1. The molecule has 172 valence electrons. The molecule has 0 aliphatic carbocycles. The zero-order chi connectivity index (χ0) is 23.8. The first-order valence-corrected chi connectivity index (χ1v) is 9.52. The topological polar surface area (TPSA) is 104 Å². The quantitative estimate of drug-likeness (QED) is 0.650. The lowest BCUT2D eigenvalue weighted by molar-refractivity contribution is -0.184. The van der Waals surface area contributed by atoms with E-state index < -0.39 is 52.7 Å². The molecule has 3 N–H and O–H groups in total. The van der Waals surface area contributed by atoms with Crippen LogP contribution in [0.1, 0.15) is 42.2 Å². The van der Waals surface area contributed by atoms with Crippen LogP contribution in [0, 0.1) is 11.6 Å². The van der Waals surface area contributed by atoms with Gasteiger partial charge in [-0.05, 0) is 31.5 Å². The Morgan fingerprint density at radius 2 is 2.00 bits per heavy atom. The van der Waals surface area contributed by atoms with Gasteiger partial charge in [-0.25, -0.2) is 13.2 Å². The van der Waals surface area contributed by atoms with Gasteiger partial charge in [-0.2, -0.15) is 4.39 Å². The molecule has 7 nitrogen and oxygen atoms in total. The van der Waals surface area contributed by atoms with Crippen LogP contribution in [-0.2, 0) is 9.53 Å². The molecule has 2 amide bonds. The number of alkyl halides is 2. The summed E-state index contributed by atoms with van der Waals surface area (Å²) < 4.78 is 67.2. The molecule has 1 aromatic carbocycles. The van der Waals surface area contributed by atoms with Crippen molar-refractivity contribution in [1.82, 2.24) is 4.98 Å². The molecule has 32 heavy (non-hydrogen) atoms. The van der Waals surface area contributed by atoms with E-state index >= 15 is 0 Å². The van der Waals surface area contributed by atoms with E-state index in [9.17, 15) is 27.2 Å². The average Bonchev–Trinajstić information content (AvgIpc) is 3.09. The molecule has 2 heterocycles. The molecule has 11 heteroatoms. The molecular weight excluding hydrogens is 434 g/mol. The van der Waals surface area contributed by atoms with Crippen molar-refractivity contribution in [3.05, 3.63) is 53.4 Å². The van der Waals surface area contributed by atoms with Gasteiger partial charge in [0.15, 0.2) is 11.6 Å². The van der Waals surface area contributed by atoms with E-state index in [1.165, 1.54) is 24.4 Å². The number of carbonyl (C=O) groups is 2. The Morgan fingerprint density at radius 1 is 1.31 bits per heavy atom. The largest absolute Gasteiger partial charge is 0.493 e. The monoisotopic (exact) mass is 455 g/mol. The Kier molecular flexibility index (Phi) is 6.14. The third-order valence-electron chi connectivity index (χ3n) is 5.51. The van der Waals surface area contributed by atoms with E-state index in [0.29, 0.717) is 6.92 Å². The van der Waals surface area contributed by atoms with Crippen molar-refractivity contribution in [3.63, 3.8) is 0 Å². The number of hydrogen-bond acceptors (Lipinski definition) is 5. The summed E-state index contributed by atoms with van der Waals surface area (Å²) in [7, 11) is 1.10. The van der Waals surface area contributed by atoms with Gasteiger partial charge in [-0.1, -0.05) is 6.07 Å². The number of rotatable bonds is 6. The molecule has 3 rings (SSSR count). The summed E-state index contributed by atoms with van der Waals surface area (Å²) in [5.74, 6) is -9.11. The average molecular weight is 455 g/mol. The Balaban J connectivity index is 2.01. The molecule has 0 unspecified atom stereocenters. The molecule has 0 saturated carbocycles. The zero-order valence-electron chi connectivity index (χ0n) is 17.4. The van der Waals surface area contributed by atoms with Crippen LogP contribution in [0.5, 0.6) is 5.75 Å². The van der Waals surface area contributed by atoms with E-state index in [0.717, 1.165) is 20.1 Å². The highest BCUT2D eigenvalue weighted by molar-refractivity contribution is 5.97. The number of primary amides is 1. The fourth-order valence-electron chi connectivity index (χ4n) is 3.63. The van der Waals surface area contributed by atoms with Crippen LogP contribution < -0.4 is 15.8 Å². The van der Waals surface area contributed by atoms with E-state index in [4.69, 9.17) is 15.2 Å². The lowest BCUT2D eigenvalue weighted by Crippen LogP contribution is -2.44. The maximum absolute atomic E-state index is 14.4. The van der Waals surface area contributed by atoms with Crippen molar-refractivity contribution >= 4 is 17.5 Å². The Hall–Kier alpha value is -3.21. The van der Waals surface area contributed by atoms with Gasteiger partial charge in [0.2, 0.25) is 5.82 Å². The van der Waals surface area contributed by atoms with Crippen molar-refractivity contribution in [3.8, 4) is 5.75 Å². The van der Waals surface area contributed by atoms with Crippen molar-refractivity contribution in [2.45, 2.75) is 43.8 Å². The zero-order valence-corrected chi connectivity index (χ0v) is 17.4. The van der Waals surface area contributed by atoms with Crippen molar-refractivity contribution in [2.24, 2.45) is 5.73 Å². The highest BCUT2D eigenvalue weighted by Gasteiger charge is 2.58. The number of ether oxygens (including phenoxy) is 2. The molecule has 2 aromatic rings. The molecule has 1 saturated heterocycles. The Labute approximate surface area is 180 Å². The third kappa shape index (κ3) is 4.24. The third-order valence-corrected chi connectivity index (χ3v) is 5.51. The first kappa shape index (κ1) is 23.5. The van der Waals surface area contributed by atoms with Gasteiger partial charge in [-0.15, -0.1) is 0 Å². The summed E-state index contributed by atoms with van der Waals surface area (Å²) in [6.07, 6.45) is -0.653.